The molecule has 0 aromatic heterocycles. The van der Waals surface area contributed by atoms with Gasteiger partial charge >= 0.3 is 0 Å². The molecule has 0 aliphatic heterocycles. The fraction of sp³-hybridized carbons (Fsp3) is 0.600. The maximum Gasteiger partial charge on any atom is 0.0149 e. The smallest absolute Gasteiger partial charge is 0.0149 e. The summed E-state index contributed by atoms with van der Waals surface area (Å²) in [7, 11) is 0. The minimum atomic E-state index is 0.251. The first-order valence-electron chi connectivity index (χ1n) is 6.38. The molecule has 0 spiro atoms. The van der Waals surface area contributed by atoms with E-state index in [1.165, 1.54) is 36.8 Å². The van der Waals surface area contributed by atoms with Crippen LogP contribution in [0.4, 0.5) is 0 Å². The van der Waals surface area contributed by atoms with Crippen LogP contribution in [0.25, 0.3) is 0 Å². The highest BCUT2D eigenvalue weighted by atomic mass is 79.9. The van der Waals surface area contributed by atoms with Gasteiger partial charge in [0.1, 0.15) is 0 Å². The highest BCUT2D eigenvalue weighted by Gasteiger charge is 2.30. The summed E-state index contributed by atoms with van der Waals surface area (Å²) in [5.74, 6) is 0. The topological polar surface area (TPSA) is 0 Å². The van der Waals surface area contributed by atoms with E-state index in [1.54, 1.807) is 0 Å². The number of unbranched alkanes of at least 4 members (excludes halogenated alkanes) is 2. The molecule has 17 heavy (non-hydrogen) atoms. The van der Waals surface area contributed by atoms with Crippen LogP contribution >= 0.6 is 31.9 Å². The van der Waals surface area contributed by atoms with E-state index < -0.39 is 0 Å². The molecule has 0 radical (unpaired) electrons. The SMILES string of the molecule is CCCCCC(CBr)(CBr)c1ccccc1C. The molecule has 1 rings (SSSR count). The number of hydrogen-bond donors (Lipinski definition) is 0. The minimum absolute atomic E-state index is 0.251. The van der Waals surface area contributed by atoms with E-state index in [-0.39, 0.29) is 5.41 Å². The molecule has 0 bridgehead atoms. The lowest BCUT2D eigenvalue weighted by atomic mass is 9.78. The summed E-state index contributed by atoms with van der Waals surface area (Å²) < 4.78 is 0. The van der Waals surface area contributed by atoms with Gasteiger partial charge in [-0.25, -0.2) is 0 Å². The van der Waals surface area contributed by atoms with Gasteiger partial charge in [0.25, 0.3) is 0 Å². The summed E-state index contributed by atoms with van der Waals surface area (Å²) in [5.41, 5.74) is 3.15. The lowest BCUT2D eigenvalue weighted by Crippen LogP contribution is -2.31. The number of hydrogen-bond acceptors (Lipinski definition) is 0. The summed E-state index contributed by atoms with van der Waals surface area (Å²) in [6, 6.07) is 8.78. The second-order valence-corrected chi connectivity index (χ2v) is 5.94. The van der Waals surface area contributed by atoms with Gasteiger partial charge in [0.05, 0.1) is 0 Å². The predicted octanol–water partition coefficient (Wildman–Crippen LogP) is 5.60. The zero-order valence-electron chi connectivity index (χ0n) is 10.8. The molecule has 96 valence electrons. The summed E-state index contributed by atoms with van der Waals surface area (Å²) in [5, 5.41) is 2.06. The van der Waals surface area contributed by atoms with E-state index in [2.05, 4.69) is 70.0 Å². The Morgan fingerprint density at radius 3 is 2.24 bits per heavy atom. The third kappa shape index (κ3) is 3.82. The molecule has 2 heteroatoms. The first-order chi connectivity index (χ1) is 8.20. The highest BCUT2D eigenvalue weighted by molar-refractivity contribution is 9.09. The molecule has 0 atom stereocenters. The quantitative estimate of drug-likeness (QED) is 0.437. The molecule has 0 amide bonds. The molecule has 0 saturated heterocycles. The maximum absolute atomic E-state index is 3.73. The second-order valence-electron chi connectivity index (χ2n) is 4.82. The van der Waals surface area contributed by atoms with Gasteiger partial charge in [-0.2, -0.15) is 0 Å². The van der Waals surface area contributed by atoms with Crippen molar-refractivity contribution in [1.82, 2.24) is 0 Å². The normalized spacial score (nSPS) is 11.8. The number of alkyl halides is 2. The van der Waals surface area contributed by atoms with Crippen molar-refractivity contribution in [3.05, 3.63) is 35.4 Å². The molecule has 0 heterocycles. The predicted molar refractivity (Wildman–Crippen MR) is 84.6 cm³/mol. The zero-order valence-corrected chi connectivity index (χ0v) is 14.0. The van der Waals surface area contributed by atoms with Crippen LogP contribution in [0.15, 0.2) is 24.3 Å². The fourth-order valence-electron chi connectivity index (χ4n) is 2.33. The molecule has 1 aromatic carbocycles. The van der Waals surface area contributed by atoms with E-state index in [0.717, 1.165) is 10.7 Å². The van der Waals surface area contributed by atoms with Crippen molar-refractivity contribution in [2.45, 2.75) is 44.9 Å². The number of halogens is 2. The van der Waals surface area contributed by atoms with Crippen LogP contribution in [0.5, 0.6) is 0 Å². The molecule has 1 aromatic rings. The van der Waals surface area contributed by atoms with Crippen molar-refractivity contribution >= 4 is 31.9 Å². The Morgan fingerprint density at radius 2 is 1.71 bits per heavy atom. The minimum Gasteiger partial charge on any atom is -0.0918 e. The number of rotatable bonds is 7. The Morgan fingerprint density at radius 1 is 1.06 bits per heavy atom. The van der Waals surface area contributed by atoms with Gasteiger partial charge in [-0.05, 0) is 24.5 Å². The van der Waals surface area contributed by atoms with Gasteiger partial charge in [-0.15, -0.1) is 0 Å². The van der Waals surface area contributed by atoms with Crippen LogP contribution in [0.2, 0.25) is 0 Å². The van der Waals surface area contributed by atoms with Crippen LogP contribution in [0.3, 0.4) is 0 Å². The average molecular weight is 362 g/mol. The Hall–Kier alpha value is 0.180. The zero-order chi connectivity index (χ0) is 12.7. The van der Waals surface area contributed by atoms with Crippen LogP contribution < -0.4 is 0 Å². The fourth-order valence-corrected chi connectivity index (χ4v) is 4.42. The number of benzene rings is 1. The average Bonchev–Trinajstić information content (AvgIpc) is 2.36. The van der Waals surface area contributed by atoms with Crippen LogP contribution in [0, 0.1) is 6.92 Å². The van der Waals surface area contributed by atoms with E-state index in [9.17, 15) is 0 Å². The summed E-state index contributed by atoms with van der Waals surface area (Å²) >= 11 is 7.45. The van der Waals surface area contributed by atoms with Crippen LogP contribution in [0.1, 0.15) is 43.7 Å². The monoisotopic (exact) mass is 360 g/mol. The molecule has 0 saturated carbocycles. The Balaban J connectivity index is 2.94. The second kappa shape index (κ2) is 7.58. The maximum atomic E-state index is 3.73. The largest absolute Gasteiger partial charge is 0.0918 e. The lowest BCUT2D eigenvalue weighted by Gasteiger charge is -2.32. The Labute approximate surface area is 122 Å². The van der Waals surface area contributed by atoms with E-state index in [1.807, 2.05) is 0 Å². The van der Waals surface area contributed by atoms with Gasteiger partial charge in [-0.3, -0.25) is 0 Å². The van der Waals surface area contributed by atoms with E-state index in [4.69, 9.17) is 0 Å². The first kappa shape index (κ1) is 15.2. The van der Waals surface area contributed by atoms with Crippen molar-refractivity contribution < 1.29 is 0 Å². The standard InChI is InChI=1S/C15H22Br2/c1-3-4-7-10-15(11-16,12-17)14-9-6-5-8-13(14)2/h5-6,8-9H,3-4,7,10-12H2,1-2H3. The molecular weight excluding hydrogens is 340 g/mol. The highest BCUT2D eigenvalue weighted by Crippen LogP contribution is 2.36. The van der Waals surface area contributed by atoms with Gasteiger partial charge < -0.3 is 0 Å². The van der Waals surface area contributed by atoms with Crippen LogP contribution in [-0.4, -0.2) is 10.7 Å². The van der Waals surface area contributed by atoms with E-state index in [0.29, 0.717) is 0 Å². The summed E-state index contributed by atoms with van der Waals surface area (Å²) in [6.07, 6.45) is 5.17. The third-order valence-corrected chi connectivity index (χ3v) is 5.63. The molecular formula is C15H22Br2. The van der Waals surface area contributed by atoms with Gasteiger partial charge in [0.2, 0.25) is 0 Å². The van der Waals surface area contributed by atoms with Gasteiger partial charge in [-0.1, -0.05) is 82.3 Å². The lowest BCUT2D eigenvalue weighted by molar-refractivity contribution is 0.469. The molecule has 0 nitrogen and oxygen atoms in total. The van der Waals surface area contributed by atoms with Crippen LogP contribution in [-0.2, 0) is 5.41 Å². The molecule has 0 unspecified atom stereocenters. The third-order valence-electron chi connectivity index (χ3n) is 3.49. The van der Waals surface area contributed by atoms with Gasteiger partial charge in [0, 0.05) is 16.1 Å². The van der Waals surface area contributed by atoms with Crippen molar-refractivity contribution in [3.63, 3.8) is 0 Å². The van der Waals surface area contributed by atoms with E-state index >= 15 is 0 Å². The van der Waals surface area contributed by atoms with Crippen molar-refractivity contribution in [3.8, 4) is 0 Å². The summed E-state index contributed by atoms with van der Waals surface area (Å²) in [6.45, 7) is 4.48. The molecule has 0 fully saturated rings. The number of aryl methyl sites for hydroxylation is 1. The first-order valence-corrected chi connectivity index (χ1v) is 8.62. The molecule has 0 aliphatic carbocycles. The molecule has 0 N–H and O–H groups in total. The summed E-state index contributed by atoms with van der Waals surface area (Å²) in [4.78, 5) is 0. The van der Waals surface area contributed by atoms with Gasteiger partial charge in [0.15, 0.2) is 0 Å². The van der Waals surface area contributed by atoms with Crippen molar-refractivity contribution in [2.24, 2.45) is 0 Å². The van der Waals surface area contributed by atoms with Crippen molar-refractivity contribution in [1.29, 1.82) is 0 Å². The Bertz CT molecular complexity index is 329. The molecule has 0 aliphatic rings. The Kier molecular flexibility index (Phi) is 6.79. The van der Waals surface area contributed by atoms with Crippen molar-refractivity contribution in [2.75, 3.05) is 10.7 Å².